The second-order valence-electron chi connectivity index (χ2n) is 7.77. The fraction of sp³-hybridized carbons (Fsp3) is 0.250. The van der Waals surface area contributed by atoms with Crippen LogP contribution in [0.2, 0.25) is 0 Å². The van der Waals surface area contributed by atoms with E-state index in [1.54, 1.807) is 0 Å². The zero-order chi connectivity index (χ0) is 17.9. The minimum atomic E-state index is -2.12. The maximum atomic E-state index is 3.83. The van der Waals surface area contributed by atoms with Gasteiger partial charge in [-0.15, -0.1) is 0 Å². The second kappa shape index (κ2) is 7.35. The van der Waals surface area contributed by atoms with E-state index < -0.39 is 7.26 Å². The topological polar surface area (TPSA) is 12.0 Å². The molecule has 1 N–H and O–H groups in total. The van der Waals surface area contributed by atoms with Crippen molar-refractivity contribution in [1.82, 2.24) is 5.32 Å². The van der Waals surface area contributed by atoms with E-state index in [-0.39, 0.29) is 5.54 Å². The predicted molar refractivity (Wildman–Crippen MR) is 117 cm³/mol. The van der Waals surface area contributed by atoms with Crippen LogP contribution in [-0.4, -0.2) is 18.2 Å². The van der Waals surface area contributed by atoms with Crippen LogP contribution < -0.4 is 21.2 Å². The fourth-order valence-corrected chi connectivity index (χ4v) is 10.0. The normalized spacial score (nSPS) is 20.8. The molecule has 1 fully saturated rings. The van der Waals surface area contributed by atoms with Gasteiger partial charge in [-0.1, -0.05) is 0 Å². The molecule has 0 aliphatic carbocycles. The van der Waals surface area contributed by atoms with E-state index in [0.29, 0.717) is 0 Å². The van der Waals surface area contributed by atoms with Gasteiger partial charge in [0.25, 0.3) is 0 Å². The number of hydrogen-bond acceptors (Lipinski definition) is 1. The van der Waals surface area contributed by atoms with Crippen molar-refractivity contribution in [2.75, 3.05) is 12.7 Å². The minimum absolute atomic E-state index is 0.202. The molecular formula is C24H28NP. The van der Waals surface area contributed by atoms with E-state index in [4.69, 9.17) is 0 Å². The average molecular weight is 361 g/mol. The molecule has 0 bridgehead atoms. The molecule has 0 saturated carbocycles. The quantitative estimate of drug-likeness (QED) is 0.681. The summed E-state index contributed by atoms with van der Waals surface area (Å²) in [6.45, 7) is 3.57. The zero-order valence-corrected chi connectivity index (χ0v) is 16.5. The van der Waals surface area contributed by atoms with Gasteiger partial charge in [-0.25, -0.2) is 0 Å². The Morgan fingerprint density at radius 1 is 0.731 bits per heavy atom. The van der Waals surface area contributed by atoms with Gasteiger partial charge in [-0.3, -0.25) is 0 Å². The Morgan fingerprint density at radius 2 is 1.15 bits per heavy atom. The van der Waals surface area contributed by atoms with E-state index in [1.165, 1.54) is 34.9 Å². The summed E-state index contributed by atoms with van der Waals surface area (Å²) in [5.74, 6) is 0. The first kappa shape index (κ1) is 17.5. The van der Waals surface area contributed by atoms with Gasteiger partial charge in [0.2, 0.25) is 0 Å². The van der Waals surface area contributed by atoms with E-state index in [2.05, 4.69) is 103 Å². The molecule has 2 heteroatoms. The Bertz CT molecular complexity index is 727. The van der Waals surface area contributed by atoms with Crippen LogP contribution in [0.4, 0.5) is 0 Å². The van der Waals surface area contributed by atoms with Crippen LogP contribution in [0.5, 0.6) is 0 Å². The van der Waals surface area contributed by atoms with Crippen molar-refractivity contribution in [3.8, 4) is 0 Å². The number of benzene rings is 3. The van der Waals surface area contributed by atoms with Crippen LogP contribution in [0.3, 0.4) is 0 Å². The molecule has 26 heavy (non-hydrogen) atoms. The molecule has 3 aromatic rings. The summed E-state index contributed by atoms with van der Waals surface area (Å²) in [6.07, 6.45) is 3.73. The molecule has 1 saturated heterocycles. The molecule has 1 heterocycles. The molecule has 3 aromatic carbocycles. The Hall–Kier alpha value is -1.95. The summed E-state index contributed by atoms with van der Waals surface area (Å²) in [4.78, 5) is 0. The third-order valence-electron chi connectivity index (χ3n) is 5.91. The molecule has 1 nitrogen and oxygen atoms in total. The molecule has 0 spiro atoms. The Balaban J connectivity index is 1.97. The van der Waals surface area contributed by atoms with Crippen molar-refractivity contribution in [2.24, 2.45) is 0 Å². The van der Waals surface area contributed by atoms with Crippen molar-refractivity contribution in [3.05, 3.63) is 91.0 Å². The van der Waals surface area contributed by atoms with Gasteiger partial charge in [0.15, 0.2) is 0 Å². The monoisotopic (exact) mass is 361 g/mol. The summed E-state index contributed by atoms with van der Waals surface area (Å²) in [6, 6.07) is 33.7. The molecule has 4 rings (SSSR count). The van der Waals surface area contributed by atoms with Gasteiger partial charge >= 0.3 is 157 Å². The van der Waals surface area contributed by atoms with Crippen molar-refractivity contribution in [3.63, 3.8) is 0 Å². The Morgan fingerprint density at radius 3 is 1.50 bits per heavy atom. The molecule has 1 atom stereocenters. The molecule has 0 aromatic heterocycles. The summed E-state index contributed by atoms with van der Waals surface area (Å²) in [7, 11) is -2.12. The molecule has 1 unspecified atom stereocenters. The molecule has 1 aliphatic rings. The number of hydrogen-bond donors (Lipinski definition) is 1. The predicted octanol–water partition coefficient (Wildman–Crippen LogP) is 3.85. The Kier molecular flexibility index (Phi) is 4.94. The van der Waals surface area contributed by atoms with Crippen LogP contribution >= 0.6 is 7.26 Å². The van der Waals surface area contributed by atoms with Crippen molar-refractivity contribution in [2.45, 2.75) is 25.3 Å². The van der Waals surface area contributed by atoms with Gasteiger partial charge in [0, 0.05) is 0 Å². The van der Waals surface area contributed by atoms with E-state index in [0.717, 1.165) is 6.54 Å². The van der Waals surface area contributed by atoms with Crippen molar-refractivity contribution >= 4 is 23.2 Å². The number of nitrogens with one attached hydrogen (secondary N) is 1. The maximum absolute atomic E-state index is 3.83. The van der Waals surface area contributed by atoms with E-state index in [9.17, 15) is 0 Å². The summed E-state index contributed by atoms with van der Waals surface area (Å²) in [5.41, 5.74) is 0.202. The Labute approximate surface area is 157 Å². The fourth-order valence-electron chi connectivity index (χ4n) is 4.67. The first-order valence-electron chi connectivity index (χ1n) is 9.65. The number of rotatable bonds is 5. The third-order valence-corrected chi connectivity index (χ3v) is 11.2. The van der Waals surface area contributed by atoms with Gasteiger partial charge < -0.3 is 0 Å². The van der Waals surface area contributed by atoms with Crippen molar-refractivity contribution in [1.29, 1.82) is 0 Å². The molecular weight excluding hydrogens is 333 g/mol. The first-order valence-corrected chi connectivity index (χ1v) is 11.9. The van der Waals surface area contributed by atoms with Crippen LogP contribution in [0, 0.1) is 0 Å². The standard InChI is InChI=1S/C24H28NP/c1-24(18-11-19-25-24)20-26(21-12-5-2-6-13-21,22-14-7-3-8-15-22)23-16-9-4-10-17-23/h2-10,12-17,25-26H,11,18-20H2,1H3. The first-order chi connectivity index (χ1) is 12.7. The SMILES string of the molecule is CC1(C[PH](c2ccccc2)(c2ccccc2)c2ccccc2)CCCN1. The van der Waals surface area contributed by atoms with Gasteiger partial charge in [-0.05, 0) is 0 Å². The summed E-state index contributed by atoms with van der Waals surface area (Å²) >= 11 is 0. The average Bonchev–Trinajstić information content (AvgIpc) is 3.14. The summed E-state index contributed by atoms with van der Waals surface area (Å²) in [5, 5.41) is 8.35. The van der Waals surface area contributed by atoms with Crippen LogP contribution in [0.1, 0.15) is 19.8 Å². The van der Waals surface area contributed by atoms with Gasteiger partial charge in [-0.2, -0.15) is 0 Å². The van der Waals surface area contributed by atoms with Crippen molar-refractivity contribution < 1.29 is 0 Å². The zero-order valence-electron chi connectivity index (χ0n) is 15.5. The van der Waals surface area contributed by atoms with Crippen LogP contribution in [0.15, 0.2) is 91.0 Å². The van der Waals surface area contributed by atoms with Crippen LogP contribution in [0.25, 0.3) is 0 Å². The molecule has 0 amide bonds. The molecule has 1 aliphatic heterocycles. The van der Waals surface area contributed by atoms with Gasteiger partial charge in [0.1, 0.15) is 0 Å². The van der Waals surface area contributed by atoms with E-state index in [1.807, 2.05) is 0 Å². The van der Waals surface area contributed by atoms with E-state index >= 15 is 0 Å². The van der Waals surface area contributed by atoms with Crippen LogP contribution in [-0.2, 0) is 0 Å². The van der Waals surface area contributed by atoms with Gasteiger partial charge in [0.05, 0.1) is 0 Å². The molecule has 134 valence electrons. The third kappa shape index (κ3) is 3.22. The summed E-state index contributed by atoms with van der Waals surface area (Å²) < 4.78 is 0. The second-order valence-corrected chi connectivity index (χ2v) is 11.7. The molecule has 0 radical (unpaired) electrons.